The van der Waals surface area contributed by atoms with Crippen molar-refractivity contribution in [3.05, 3.63) is 24.3 Å². The van der Waals surface area contributed by atoms with Gasteiger partial charge in [-0.15, -0.1) is 0 Å². The van der Waals surface area contributed by atoms with Crippen LogP contribution in [-0.2, 0) is 0 Å². The van der Waals surface area contributed by atoms with E-state index in [1.165, 1.54) is 6.42 Å². The lowest BCUT2D eigenvalue weighted by molar-refractivity contribution is 0.0489. The quantitative estimate of drug-likeness (QED) is 0.478. The molecule has 0 radical (unpaired) electrons. The summed E-state index contributed by atoms with van der Waals surface area (Å²) < 4.78 is 0. The Morgan fingerprint density at radius 2 is 1.60 bits per heavy atom. The molecule has 0 aliphatic heterocycles. The second kappa shape index (κ2) is 1.75. The first-order chi connectivity index (χ1) is 4.71. The molecule has 0 spiro atoms. The van der Waals surface area contributed by atoms with Crippen LogP contribution in [0.25, 0.3) is 0 Å². The highest BCUT2D eigenvalue weighted by Gasteiger charge is 2.45. The number of hydrogen-bond donors (Lipinski definition) is 0. The van der Waals surface area contributed by atoms with Crippen LogP contribution in [-0.4, -0.2) is 0 Å². The van der Waals surface area contributed by atoms with Gasteiger partial charge in [-0.3, -0.25) is 0 Å². The molecule has 1 fully saturated rings. The number of fused-ring (bicyclic) bond motifs is 1. The summed E-state index contributed by atoms with van der Waals surface area (Å²) in [4.78, 5) is 0. The van der Waals surface area contributed by atoms with Gasteiger partial charge in [0.2, 0.25) is 0 Å². The molecule has 0 saturated heterocycles. The largest absolute Gasteiger partial charge is 0.0809 e. The van der Waals surface area contributed by atoms with E-state index in [0.29, 0.717) is 5.41 Å². The van der Waals surface area contributed by atoms with Crippen LogP contribution < -0.4 is 0 Å². The van der Waals surface area contributed by atoms with Crippen LogP contribution in [0, 0.1) is 17.3 Å². The first-order valence-corrected chi connectivity index (χ1v) is 4.06. The van der Waals surface area contributed by atoms with Gasteiger partial charge in [-0.2, -0.15) is 0 Å². The monoisotopic (exact) mass is 134 g/mol. The van der Waals surface area contributed by atoms with Crippen molar-refractivity contribution in [3.63, 3.8) is 0 Å². The molecule has 0 aromatic rings. The van der Waals surface area contributed by atoms with Crippen LogP contribution in [0.3, 0.4) is 0 Å². The maximum absolute atomic E-state index is 2.37. The molecule has 10 heavy (non-hydrogen) atoms. The third-order valence-corrected chi connectivity index (χ3v) is 3.22. The molecule has 0 heteroatoms. The Balaban J connectivity index is 2.31. The van der Waals surface area contributed by atoms with E-state index in [1.54, 1.807) is 0 Å². The smallest absolute Gasteiger partial charge is 0.0168 e. The maximum Gasteiger partial charge on any atom is -0.0168 e. The molecule has 0 unspecified atom stereocenters. The Morgan fingerprint density at radius 1 is 1.10 bits per heavy atom. The van der Waals surface area contributed by atoms with Gasteiger partial charge in [0.15, 0.2) is 0 Å². The predicted molar refractivity (Wildman–Crippen MR) is 43.7 cm³/mol. The Kier molecular flexibility index (Phi) is 1.08. The van der Waals surface area contributed by atoms with Gasteiger partial charge in [-0.05, 0) is 23.7 Å². The fourth-order valence-corrected chi connectivity index (χ4v) is 2.05. The van der Waals surface area contributed by atoms with E-state index in [-0.39, 0.29) is 0 Å². The average molecular weight is 134 g/mol. The highest BCUT2D eigenvalue weighted by Crippen LogP contribution is 2.53. The van der Waals surface area contributed by atoms with Gasteiger partial charge < -0.3 is 0 Å². The molecule has 3 aliphatic rings. The van der Waals surface area contributed by atoms with Crippen molar-refractivity contribution in [2.24, 2.45) is 17.3 Å². The number of hydrogen-bond acceptors (Lipinski definition) is 0. The molecule has 2 atom stereocenters. The lowest BCUT2D eigenvalue weighted by atomic mass is 9.55. The summed E-state index contributed by atoms with van der Waals surface area (Å²) in [6.45, 7) is 4.73. The first kappa shape index (κ1) is 6.21. The predicted octanol–water partition coefficient (Wildman–Crippen LogP) is 2.77. The summed E-state index contributed by atoms with van der Waals surface area (Å²) in [5, 5.41) is 0. The third kappa shape index (κ3) is 0.622. The second-order valence-electron chi connectivity index (χ2n) is 4.04. The van der Waals surface area contributed by atoms with E-state index >= 15 is 0 Å². The Morgan fingerprint density at radius 3 is 2.00 bits per heavy atom. The SMILES string of the molecule is CC1(C)[C@H]2C=CC=C[C@H]1C2. The molecule has 2 bridgehead atoms. The molecule has 0 amide bonds. The van der Waals surface area contributed by atoms with Gasteiger partial charge in [0, 0.05) is 0 Å². The molecular formula is C10H14. The summed E-state index contributed by atoms with van der Waals surface area (Å²) in [7, 11) is 0. The van der Waals surface area contributed by atoms with Crippen molar-refractivity contribution < 1.29 is 0 Å². The third-order valence-electron chi connectivity index (χ3n) is 3.22. The molecule has 0 heterocycles. The zero-order valence-corrected chi connectivity index (χ0v) is 6.67. The van der Waals surface area contributed by atoms with Crippen LogP contribution in [0.2, 0.25) is 0 Å². The summed E-state index contributed by atoms with van der Waals surface area (Å²) in [6, 6.07) is 0. The molecule has 0 N–H and O–H groups in total. The average Bonchev–Trinajstić information content (AvgIpc) is 2.17. The van der Waals surface area contributed by atoms with E-state index in [9.17, 15) is 0 Å². The number of rotatable bonds is 0. The summed E-state index contributed by atoms with van der Waals surface area (Å²) in [5.41, 5.74) is 0.545. The van der Waals surface area contributed by atoms with Crippen LogP contribution in [0.15, 0.2) is 24.3 Å². The van der Waals surface area contributed by atoms with Crippen molar-refractivity contribution in [1.82, 2.24) is 0 Å². The van der Waals surface area contributed by atoms with E-state index in [2.05, 4.69) is 38.2 Å². The molecule has 0 aromatic carbocycles. The minimum absolute atomic E-state index is 0.545. The van der Waals surface area contributed by atoms with E-state index in [0.717, 1.165) is 11.8 Å². The molecule has 0 nitrogen and oxygen atoms in total. The zero-order chi connectivity index (χ0) is 7.19. The van der Waals surface area contributed by atoms with Gasteiger partial charge in [0.25, 0.3) is 0 Å². The van der Waals surface area contributed by atoms with Gasteiger partial charge in [0.1, 0.15) is 0 Å². The molecule has 54 valence electrons. The maximum atomic E-state index is 2.37. The summed E-state index contributed by atoms with van der Waals surface area (Å²) >= 11 is 0. The lowest BCUT2D eigenvalue weighted by Gasteiger charge is -2.49. The zero-order valence-electron chi connectivity index (χ0n) is 6.67. The number of allylic oxidation sites excluding steroid dienone is 4. The van der Waals surface area contributed by atoms with Crippen molar-refractivity contribution in [1.29, 1.82) is 0 Å². The fourth-order valence-electron chi connectivity index (χ4n) is 2.05. The van der Waals surface area contributed by atoms with Crippen LogP contribution in [0.4, 0.5) is 0 Å². The summed E-state index contributed by atoms with van der Waals surface area (Å²) in [5.74, 6) is 1.68. The van der Waals surface area contributed by atoms with Gasteiger partial charge in [0.05, 0.1) is 0 Å². The van der Waals surface area contributed by atoms with E-state index < -0.39 is 0 Å². The fraction of sp³-hybridized carbons (Fsp3) is 0.600. The minimum Gasteiger partial charge on any atom is -0.0809 e. The highest BCUT2D eigenvalue weighted by atomic mass is 14.5. The molecular weight excluding hydrogens is 120 g/mol. The van der Waals surface area contributed by atoms with Crippen molar-refractivity contribution in [2.45, 2.75) is 20.3 Å². The van der Waals surface area contributed by atoms with Crippen molar-refractivity contribution >= 4 is 0 Å². The van der Waals surface area contributed by atoms with Crippen molar-refractivity contribution in [3.8, 4) is 0 Å². The van der Waals surface area contributed by atoms with Crippen LogP contribution >= 0.6 is 0 Å². The topological polar surface area (TPSA) is 0 Å². The normalized spacial score (nSPS) is 40.6. The lowest BCUT2D eigenvalue weighted by Crippen LogP contribution is -2.41. The minimum atomic E-state index is 0.545. The molecule has 0 aromatic heterocycles. The van der Waals surface area contributed by atoms with Gasteiger partial charge in [-0.25, -0.2) is 0 Å². The van der Waals surface area contributed by atoms with Crippen LogP contribution in [0.5, 0.6) is 0 Å². The first-order valence-electron chi connectivity index (χ1n) is 4.06. The van der Waals surface area contributed by atoms with Gasteiger partial charge >= 0.3 is 0 Å². The van der Waals surface area contributed by atoms with Crippen molar-refractivity contribution in [2.75, 3.05) is 0 Å². The van der Waals surface area contributed by atoms with Crippen LogP contribution in [0.1, 0.15) is 20.3 Å². The highest BCUT2D eigenvalue weighted by molar-refractivity contribution is 5.21. The van der Waals surface area contributed by atoms with Gasteiger partial charge in [-0.1, -0.05) is 38.2 Å². The van der Waals surface area contributed by atoms with E-state index in [1.807, 2.05) is 0 Å². The molecule has 1 saturated carbocycles. The Labute approximate surface area is 62.6 Å². The molecule has 3 rings (SSSR count). The second-order valence-corrected chi connectivity index (χ2v) is 4.04. The standard InChI is InChI=1S/C10H14/c1-10(2)8-5-3-4-6-9(10)7-8/h3-6,8-9H,7H2,1-2H3/t8-,9-/m0/s1. The summed E-state index contributed by atoms with van der Waals surface area (Å²) in [6.07, 6.45) is 10.5. The molecule has 3 aliphatic carbocycles. The Hall–Kier alpha value is -0.520. The Bertz CT molecular complexity index is 176. The van der Waals surface area contributed by atoms with E-state index in [4.69, 9.17) is 0 Å².